The normalized spacial score (nSPS) is 12.7. The van der Waals surface area contributed by atoms with Crippen LogP contribution in [0.3, 0.4) is 0 Å². The highest BCUT2D eigenvalue weighted by Crippen LogP contribution is 2.41. The molecule has 5 aromatic carbocycles. The monoisotopic (exact) mass is 722 g/mol. The third kappa shape index (κ3) is 8.56. The minimum Gasteiger partial charge on any atom is -0.497 e. The maximum Gasteiger partial charge on any atom is 0.224 e. The van der Waals surface area contributed by atoms with Crippen molar-refractivity contribution in [3.8, 4) is 23.0 Å². The molecule has 0 saturated carbocycles. The zero-order valence-corrected chi connectivity index (χ0v) is 30.6. The van der Waals surface area contributed by atoms with E-state index in [1.54, 1.807) is 80.0 Å². The van der Waals surface area contributed by atoms with Gasteiger partial charge in [-0.25, -0.2) is 9.97 Å². The molecule has 0 fully saturated rings. The fraction of sp³-hybridized carbons (Fsp3) is 0.209. The number of anilines is 1. The van der Waals surface area contributed by atoms with Crippen LogP contribution in [0.1, 0.15) is 28.4 Å². The summed E-state index contributed by atoms with van der Waals surface area (Å²) in [6.45, 7) is -0.0807. The number of hydrogen-bond donors (Lipinski definition) is 0. The lowest BCUT2D eigenvalue weighted by Gasteiger charge is -2.38. The summed E-state index contributed by atoms with van der Waals surface area (Å²) in [6.07, 6.45) is 1.52. The third-order valence-electron chi connectivity index (χ3n) is 8.93. The van der Waals surface area contributed by atoms with E-state index in [4.69, 9.17) is 23.7 Å². The fourth-order valence-electron chi connectivity index (χ4n) is 6.23. The molecule has 0 aliphatic carbocycles. The second kappa shape index (κ2) is 17.8. The van der Waals surface area contributed by atoms with Gasteiger partial charge in [0, 0.05) is 37.0 Å². The molecule has 0 saturated heterocycles. The molecule has 0 unspecified atom stereocenters. The SMILES string of the molecule is COc1ccc(O[C@H]([C@H](COC(c2ccccc2)(c2ccccc2)c2ccccc2)N=[N+]=[N-])[C@H](Oc2ccc(OC)cc2)c2cnc(N(C)C)nc2)cc1. The molecule has 1 heterocycles. The van der Waals surface area contributed by atoms with E-state index in [1.807, 2.05) is 105 Å². The number of azide groups is 1. The van der Waals surface area contributed by atoms with E-state index in [2.05, 4.69) is 20.0 Å². The van der Waals surface area contributed by atoms with Crippen molar-refractivity contribution in [1.82, 2.24) is 9.97 Å². The van der Waals surface area contributed by atoms with Gasteiger partial charge >= 0.3 is 0 Å². The number of hydrogen-bond acceptors (Lipinski definition) is 9. The van der Waals surface area contributed by atoms with E-state index in [1.165, 1.54) is 0 Å². The molecule has 3 atom stereocenters. The van der Waals surface area contributed by atoms with Gasteiger partial charge in [0.15, 0.2) is 12.2 Å². The summed E-state index contributed by atoms with van der Waals surface area (Å²) >= 11 is 0. The van der Waals surface area contributed by atoms with Crippen LogP contribution in [0.5, 0.6) is 23.0 Å². The Bertz CT molecular complexity index is 1980. The lowest BCUT2D eigenvalue weighted by molar-refractivity contribution is -0.0344. The van der Waals surface area contributed by atoms with Crippen molar-refractivity contribution in [3.63, 3.8) is 0 Å². The van der Waals surface area contributed by atoms with E-state index in [0.29, 0.717) is 34.5 Å². The number of rotatable bonds is 17. The number of ether oxygens (including phenoxy) is 5. The minimum atomic E-state index is -1.10. The largest absolute Gasteiger partial charge is 0.497 e. The molecule has 0 spiro atoms. The molecular weight excluding hydrogens is 681 g/mol. The second-order valence-corrected chi connectivity index (χ2v) is 12.5. The molecule has 0 aliphatic rings. The molecule has 0 amide bonds. The molecule has 54 heavy (non-hydrogen) atoms. The Labute approximate surface area is 315 Å². The van der Waals surface area contributed by atoms with Crippen LogP contribution in [0, 0.1) is 0 Å². The van der Waals surface area contributed by atoms with Crippen molar-refractivity contribution in [2.45, 2.75) is 23.9 Å². The molecule has 0 aliphatic heterocycles. The fourth-order valence-corrected chi connectivity index (χ4v) is 6.23. The predicted octanol–water partition coefficient (Wildman–Crippen LogP) is 8.82. The second-order valence-electron chi connectivity index (χ2n) is 12.5. The quantitative estimate of drug-likeness (QED) is 0.0396. The summed E-state index contributed by atoms with van der Waals surface area (Å²) in [4.78, 5) is 14.3. The van der Waals surface area contributed by atoms with Gasteiger partial charge in [-0.2, -0.15) is 0 Å². The van der Waals surface area contributed by atoms with Gasteiger partial charge in [-0.15, -0.1) is 0 Å². The predicted molar refractivity (Wildman–Crippen MR) is 208 cm³/mol. The first-order valence-electron chi connectivity index (χ1n) is 17.4. The van der Waals surface area contributed by atoms with Gasteiger partial charge in [-0.05, 0) is 70.8 Å². The number of nitrogens with zero attached hydrogens (tertiary/aromatic N) is 6. The summed E-state index contributed by atoms with van der Waals surface area (Å²) in [5, 5.41) is 4.36. The van der Waals surface area contributed by atoms with Crippen molar-refractivity contribution in [2.24, 2.45) is 5.11 Å². The van der Waals surface area contributed by atoms with Gasteiger partial charge in [0.25, 0.3) is 0 Å². The molecule has 6 aromatic rings. The highest BCUT2D eigenvalue weighted by Gasteiger charge is 2.41. The van der Waals surface area contributed by atoms with Gasteiger partial charge in [0.05, 0.1) is 20.8 Å². The van der Waals surface area contributed by atoms with Gasteiger partial charge in [-0.1, -0.05) is 96.1 Å². The Morgan fingerprint density at radius 2 is 1.06 bits per heavy atom. The van der Waals surface area contributed by atoms with E-state index in [0.717, 1.165) is 16.7 Å². The lowest BCUT2D eigenvalue weighted by atomic mass is 9.80. The Hall–Kier alpha value is -6.55. The van der Waals surface area contributed by atoms with Crippen molar-refractivity contribution in [3.05, 3.63) is 185 Å². The van der Waals surface area contributed by atoms with Crippen LogP contribution in [-0.4, -0.2) is 57.0 Å². The topological polar surface area (TPSA) is 124 Å². The molecule has 6 rings (SSSR count). The summed E-state index contributed by atoms with van der Waals surface area (Å²) in [6, 6.07) is 43.4. The summed E-state index contributed by atoms with van der Waals surface area (Å²) < 4.78 is 31.6. The molecule has 1 aromatic heterocycles. The van der Waals surface area contributed by atoms with Crippen molar-refractivity contribution in [2.75, 3.05) is 39.8 Å². The maximum atomic E-state index is 10.1. The first kappa shape index (κ1) is 37.2. The summed E-state index contributed by atoms with van der Waals surface area (Å²) in [7, 11) is 6.93. The number of methoxy groups -OCH3 is 2. The van der Waals surface area contributed by atoms with Gasteiger partial charge in [-0.3, -0.25) is 0 Å². The Balaban J connectivity index is 1.49. The van der Waals surface area contributed by atoms with Crippen LogP contribution >= 0.6 is 0 Å². The molecule has 274 valence electrons. The summed E-state index contributed by atoms with van der Waals surface area (Å²) in [5.74, 6) is 2.86. The maximum absolute atomic E-state index is 10.1. The molecule has 0 bridgehead atoms. The lowest BCUT2D eigenvalue weighted by Crippen LogP contribution is -2.44. The highest BCUT2D eigenvalue weighted by atomic mass is 16.5. The third-order valence-corrected chi connectivity index (χ3v) is 8.93. The van der Waals surface area contributed by atoms with Crippen molar-refractivity contribution in [1.29, 1.82) is 0 Å². The van der Waals surface area contributed by atoms with E-state index in [-0.39, 0.29) is 6.61 Å². The van der Waals surface area contributed by atoms with Crippen molar-refractivity contribution >= 4 is 5.95 Å². The van der Waals surface area contributed by atoms with Crippen LogP contribution in [0.2, 0.25) is 0 Å². The van der Waals surface area contributed by atoms with Crippen LogP contribution in [0.4, 0.5) is 5.95 Å². The van der Waals surface area contributed by atoms with Crippen LogP contribution in [-0.2, 0) is 10.3 Å². The number of aromatic nitrogens is 2. The highest BCUT2D eigenvalue weighted by molar-refractivity contribution is 5.47. The average Bonchev–Trinajstić information content (AvgIpc) is 3.23. The molecule has 0 radical (unpaired) electrons. The zero-order valence-electron chi connectivity index (χ0n) is 30.6. The smallest absolute Gasteiger partial charge is 0.224 e. The molecular formula is C43H42N6O5. The first-order valence-corrected chi connectivity index (χ1v) is 17.4. The Morgan fingerprint density at radius 3 is 1.46 bits per heavy atom. The zero-order chi connectivity index (χ0) is 37.8. The minimum absolute atomic E-state index is 0.0807. The first-order chi connectivity index (χ1) is 26.4. The van der Waals surface area contributed by atoms with E-state index >= 15 is 0 Å². The van der Waals surface area contributed by atoms with Gasteiger partial charge in [0.2, 0.25) is 5.95 Å². The average molecular weight is 723 g/mol. The van der Waals surface area contributed by atoms with Crippen LogP contribution < -0.4 is 23.8 Å². The molecule has 11 nitrogen and oxygen atoms in total. The van der Waals surface area contributed by atoms with E-state index in [9.17, 15) is 5.53 Å². The Morgan fingerprint density at radius 1 is 0.630 bits per heavy atom. The Kier molecular flexibility index (Phi) is 12.3. The van der Waals surface area contributed by atoms with Crippen molar-refractivity contribution < 1.29 is 23.7 Å². The molecule has 0 N–H and O–H groups in total. The van der Waals surface area contributed by atoms with Crippen LogP contribution in [0.25, 0.3) is 10.4 Å². The molecule has 11 heteroatoms. The van der Waals surface area contributed by atoms with Crippen LogP contribution in [0.15, 0.2) is 157 Å². The number of benzene rings is 5. The van der Waals surface area contributed by atoms with Gasteiger partial charge in [0.1, 0.15) is 34.6 Å². The van der Waals surface area contributed by atoms with Gasteiger partial charge < -0.3 is 28.6 Å². The standard InChI is InChI=1S/C43H42N6O5/c1-49(2)42-45-28-31(29-46-42)40(53-37-24-20-35(50-3)21-25-37)41(54-38-26-22-36(51-4)23-27-38)39(47-48-44)30-52-43(32-14-8-5-9-15-32,33-16-10-6-11-17-33)34-18-12-7-13-19-34/h5-29,39-41H,30H2,1-4H3/t39-,40+,41+/m0/s1. The van der Waals surface area contributed by atoms with E-state index < -0.39 is 23.9 Å². The summed E-state index contributed by atoms with van der Waals surface area (Å²) in [5.41, 5.74) is 12.3.